The van der Waals surface area contributed by atoms with E-state index in [2.05, 4.69) is 10.3 Å². The number of ether oxygens (including phenoxy) is 1. The first-order valence-corrected chi connectivity index (χ1v) is 6.33. The molecule has 1 aromatic rings. The Hall–Kier alpha value is -1.66. The van der Waals surface area contributed by atoms with E-state index in [4.69, 9.17) is 9.84 Å². The van der Waals surface area contributed by atoms with E-state index in [0.29, 0.717) is 24.9 Å². The number of aliphatic hydroxyl groups is 1. The Morgan fingerprint density at radius 1 is 1.58 bits per heavy atom. The van der Waals surface area contributed by atoms with Gasteiger partial charge in [0.25, 0.3) is 0 Å². The van der Waals surface area contributed by atoms with E-state index in [1.165, 1.54) is 6.07 Å². The maximum atomic E-state index is 10.8. The number of aromatic carboxylic acids is 1. The summed E-state index contributed by atoms with van der Waals surface area (Å²) < 4.78 is 5.31. The van der Waals surface area contributed by atoms with Crippen LogP contribution in [0.2, 0.25) is 0 Å². The van der Waals surface area contributed by atoms with E-state index >= 15 is 0 Å². The van der Waals surface area contributed by atoms with Gasteiger partial charge in [-0.3, -0.25) is 0 Å². The van der Waals surface area contributed by atoms with Crippen molar-refractivity contribution < 1.29 is 19.7 Å². The normalized spacial score (nSPS) is 20.2. The number of pyridine rings is 1. The van der Waals surface area contributed by atoms with Crippen LogP contribution < -0.4 is 5.32 Å². The number of rotatable bonds is 6. The van der Waals surface area contributed by atoms with Crippen LogP contribution in [0.4, 0.5) is 5.82 Å². The molecule has 2 atom stereocenters. The van der Waals surface area contributed by atoms with Gasteiger partial charge in [0.2, 0.25) is 0 Å². The number of carbonyl (C=O) groups is 1. The van der Waals surface area contributed by atoms with Gasteiger partial charge in [-0.2, -0.15) is 0 Å². The molecule has 2 heterocycles. The summed E-state index contributed by atoms with van der Waals surface area (Å²) in [5, 5.41) is 21.3. The molecule has 2 unspecified atom stereocenters. The monoisotopic (exact) mass is 266 g/mol. The first kappa shape index (κ1) is 13.8. The Balaban J connectivity index is 1.93. The van der Waals surface area contributed by atoms with Crippen molar-refractivity contribution in [1.82, 2.24) is 4.98 Å². The van der Waals surface area contributed by atoms with E-state index < -0.39 is 5.97 Å². The molecule has 2 rings (SSSR count). The molecule has 0 radical (unpaired) electrons. The molecule has 1 aromatic heterocycles. The van der Waals surface area contributed by atoms with Gasteiger partial charge in [0.1, 0.15) is 5.82 Å². The van der Waals surface area contributed by atoms with E-state index in [1.807, 2.05) is 0 Å². The van der Waals surface area contributed by atoms with Gasteiger partial charge in [0.05, 0.1) is 0 Å². The lowest BCUT2D eigenvalue weighted by atomic mass is 9.92. The molecule has 1 saturated heterocycles. The number of nitrogens with zero attached hydrogens (tertiary/aromatic N) is 1. The van der Waals surface area contributed by atoms with E-state index in [1.54, 1.807) is 12.1 Å². The average Bonchev–Trinajstić information content (AvgIpc) is 2.94. The van der Waals surface area contributed by atoms with Crippen LogP contribution in [0.25, 0.3) is 0 Å². The van der Waals surface area contributed by atoms with Crippen molar-refractivity contribution in [3.05, 3.63) is 23.9 Å². The minimum atomic E-state index is -1.05. The van der Waals surface area contributed by atoms with Crippen molar-refractivity contribution in [1.29, 1.82) is 0 Å². The Morgan fingerprint density at radius 3 is 3.05 bits per heavy atom. The molecule has 0 saturated carbocycles. The molecule has 0 aliphatic carbocycles. The number of anilines is 1. The zero-order valence-electron chi connectivity index (χ0n) is 10.6. The zero-order chi connectivity index (χ0) is 13.7. The predicted octanol–water partition coefficient (Wildman–Crippen LogP) is 0.837. The maximum absolute atomic E-state index is 10.8. The standard InChI is InChI=1S/C13H18N2O4/c16-7-10(9-4-5-19-8-9)6-14-12-3-1-2-11(15-12)13(17)18/h1-3,9-10,16H,4-8H2,(H,14,15)(H,17,18). The van der Waals surface area contributed by atoms with Crippen LogP contribution in [-0.2, 0) is 4.74 Å². The Labute approximate surface area is 111 Å². The molecule has 1 aliphatic heterocycles. The summed E-state index contributed by atoms with van der Waals surface area (Å²) in [5.41, 5.74) is 0.00903. The third-order valence-electron chi connectivity index (χ3n) is 3.38. The molecule has 0 bridgehead atoms. The number of carboxylic acids is 1. The quantitative estimate of drug-likeness (QED) is 0.706. The average molecular weight is 266 g/mol. The summed E-state index contributed by atoms with van der Waals surface area (Å²) in [4.78, 5) is 14.8. The number of aromatic nitrogens is 1. The van der Waals surface area contributed by atoms with Crippen molar-refractivity contribution in [3.63, 3.8) is 0 Å². The molecule has 1 fully saturated rings. The summed E-state index contributed by atoms with van der Waals surface area (Å²) in [6.45, 7) is 2.06. The van der Waals surface area contributed by atoms with E-state index in [-0.39, 0.29) is 18.2 Å². The first-order chi connectivity index (χ1) is 9.20. The second-order valence-electron chi connectivity index (χ2n) is 4.66. The SMILES string of the molecule is O=C(O)c1cccc(NCC(CO)C2CCOC2)n1. The lowest BCUT2D eigenvalue weighted by Crippen LogP contribution is -2.27. The number of hydrogen-bond acceptors (Lipinski definition) is 5. The van der Waals surface area contributed by atoms with Crippen molar-refractivity contribution >= 4 is 11.8 Å². The van der Waals surface area contributed by atoms with Gasteiger partial charge in [-0.1, -0.05) is 6.07 Å². The van der Waals surface area contributed by atoms with Crippen molar-refractivity contribution in [3.8, 4) is 0 Å². The highest BCUT2D eigenvalue weighted by atomic mass is 16.5. The number of carboxylic acid groups (broad SMARTS) is 1. The topological polar surface area (TPSA) is 91.7 Å². The maximum Gasteiger partial charge on any atom is 0.354 e. The molecule has 19 heavy (non-hydrogen) atoms. The first-order valence-electron chi connectivity index (χ1n) is 6.33. The fraction of sp³-hybridized carbons (Fsp3) is 0.538. The Morgan fingerprint density at radius 2 is 2.42 bits per heavy atom. The van der Waals surface area contributed by atoms with E-state index in [9.17, 15) is 9.90 Å². The molecule has 1 aliphatic rings. The molecule has 6 heteroatoms. The summed E-state index contributed by atoms with van der Waals surface area (Å²) in [6, 6.07) is 4.80. The fourth-order valence-electron chi connectivity index (χ4n) is 2.19. The van der Waals surface area contributed by atoms with Crippen LogP contribution in [0, 0.1) is 11.8 Å². The van der Waals surface area contributed by atoms with Crippen LogP contribution in [-0.4, -0.2) is 47.5 Å². The summed E-state index contributed by atoms with van der Waals surface area (Å²) in [6.07, 6.45) is 0.954. The van der Waals surface area contributed by atoms with Crippen LogP contribution in [0.3, 0.4) is 0 Å². The minimum Gasteiger partial charge on any atom is -0.477 e. The lowest BCUT2D eigenvalue weighted by Gasteiger charge is -2.20. The largest absolute Gasteiger partial charge is 0.477 e. The minimum absolute atomic E-state index is 0.00903. The predicted molar refractivity (Wildman–Crippen MR) is 69.2 cm³/mol. The van der Waals surface area contributed by atoms with Crippen molar-refractivity contribution in [2.24, 2.45) is 11.8 Å². The zero-order valence-corrected chi connectivity index (χ0v) is 10.6. The molecular formula is C13H18N2O4. The van der Waals surface area contributed by atoms with Crippen LogP contribution >= 0.6 is 0 Å². The molecule has 104 valence electrons. The van der Waals surface area contributed by atoms with Gasteiger partial charge < -0.3 is 20.3 Å². The Kier molecular flexibility index (Phi) is 4.70. The van der Waals surface area contributed by atoms with Gasteiger partial charge in [-0.25, -0.2) is 9.78 Å². The van der Waals surface area contributed by atoms with Gasteiger partial charge in [-0.15, -0.1) is 0 Å². The second-order valence-corrected chi connectivity index (χ2v) is 4.66. The van der Waals surface area contributed by atoms with Crippen molar-refractivity contribution in [2.75, 3.05) is 31.7 Å². The van der Waals surface area contributed by atoms with Crippen LogP contribution in [0.15, 0.2) is 18.2 Å². The molecule has 0 aromatic carbocycles. The van der Waals surface area contributed by atoms with Crippen LogP contribution in [0.5, 0.6) is 0 Å². The molecule has 0 amide bonds. The van der Waals surface area contributed by atoms with Gasteiger partial charge in [-0.05, 0) is 24.5 Å². The number of aliphatic hydroxyl groups excluding tert-OH is 1. The fourth-order valence-corrected chi connectivity index (χ4v) is 2.19. The molecule has 3 N–H and O–H groups in total. The molecule has 6 nitrogen and oxygen atoms in total. The van der Waals surface area contributed by atoms with Gasteiger partial charge in [0.15, 0.2) is 5.69 Å². The smallest absolute Gasteiger partial charge is 0.354 e. The van der Waals surface area contributed by atoms with Crippen molar-refractivity contribution in [2.45, 2.75) is 6.42 Å². The highest BCUT2D eigenvalue weighted by Crippen LogP contribution is 2.22. The third-order valence-corrected chi connectivity index (χ3v) is 3.38. The summed E-state index contributed by atoms with van der Waals surface area (Å²) >= 11 is 0. The summed E-state index contributed by atoms with van der Waals surface area (Å²) in [5.74, 6) is -0.0956. The van der Waals surface area contributed by atoms with E-state index in [0.717, 1.165) is 13.0 Å². The Bertz CT molecular complexity index is 432. The summed E-state index contributed by atoms with van der Waals surface area (Å²) in [7, 11) is 0. The molecular weight excluding hydrogens is 248 g/mol. The number of hydrogen-bond donors (Lipinski definition) is 3. The highest BCUT2D eigenvalue weighted by molar-refractivity contribution is 5.85. The second kappa shape index (κ2) is 6.49. The van der Waals surface area contributed by atoms with Gasteiger partial charge >= 0.3 is 5.97 Å². The third kappa shape index (κ3) is 3.65. The number of nitrogens with one attached hydrogen (secondary N) is 1. The van der Waals surface area contributed by atoms with Crippen LogP contribution in [0.1, 0.15) is 16.9 Å². The lowest BCUT2D eigenvalue weighted by molar-refractivity contribution is 0.0690. The molecule has 0 spiro atoms. The van der Waals surface area contributed by atoms with Gasteiger partial charge in [0, 0.05) is 32.3 Å². The highest BCUT2D eigenvalue weighted by Gasteiger charge is 2.25.